The van der Waals surface area contributed by atoms with Crippen molar-refractivity contribution in [3.8, 4) is 5.75 Å². The highest BCUT2D eigenvalue weighted by molar-refractivity contribution is 14.0. The molecule has 32 heavy (non-hydrogen) atoms. The standard InChI is InChI=1S/C24H35N5O2.HI/c1-6-29(21-11-7-9-19(2)15-21)14-13-26-24(25-3)27-17-20-10-8-12-22(16-20)31-18-23(30)28(4)5;/h7-12,15-16H,6,13-14,17-18H2,1-5H3,(H2,25,26,27);1H. The summed E-state index contributed by atoms with van der Waals surface area (Å²) in [6.07, 6.45) is 0. The largest absolute Gasteiger partial charge is 0.484 e. The van der Waals surface area contributed by atoms with E-state index in [2.05, 4.69) is 58.6 Å². The lowest BCUT2D eigenvalue weighted by Crippen LogP contribution is -2.41. The highest BCUT2D eigenvalue weighted by atomic mass is 127. The third-order valence-electron chi connectivity index (χ3n) is 4.87. The molecule has 176 valence electrons. The summed E-state index contributed by atoms with van der Waals surface area (Å²) < 4.78 is 5.59. The zero-order valence-electron chi connectivity index (χ0n) is 19.7. The van der Waals surface area contributed by atoms with Crippen LogP contribution in [0.3, 0.4) is 0 Å². The number of likely N-dealkylation sites (N-methyl/N-ethyl adjacent to an activating group) is 2. The molecule has 1 amide bonds. The van der Waals surface area contributed by atoms with E-state index in [1.54, 1.807) is 21.1 Å². The smallest absolute Gasteiger partial charge is 0.259 e. The lowest BCUT2D eigenvalue weighted by atomic mass is 10.2. The number of ether oxygens (including phenoxy) is 1. The topological polar surface area (TPSA) is 69.2 Å². The molecule has 0 bridgehead atoms. The van der Waals surface area contributed by atoms with E-state index >= 15 is 0 Å². The van der Waals surface area contributed by atoms with Gasteiger partial charge in [0.05, 0.1) is 0 Å². The van der Waals surface area contributed by atoms with Crippen LogP contribution in [0.5, 0.6) is 5.75 Å². The van der Waals surface area contributed by atoms with Gasteiger partial charge in [-0.15, -0.1) is 24.0 Å². The second-order valence-corrected chi connectivity index (χ2v) is 7.50. The maximum atomic E-state index is 11.7. The molecule has 2 N–H and O–H groups in total. The first kappa shape index (κ1) is 27.5. The zero-order chi connectivity index (χ0) is 22.6. The molecule has 0 atom stereocenters. The number of guanidine groups is 1. The first-order chi connectivity index (χ1) is 14.9. The summed E-state index contributed by atoms with van der Waals surface area (Å²) in [5.74, 6) is 1.35. The van der Waals surface area contributed by atoms with Crippen molar-refractivity contribution in [2.75, 3.05) is 52.3 Å². The van der Waals surface area contributed by atoms with Crippen molar-refractivity contribution in [3.05, 3.63) is 59.7 Å². The average Bonchev–Trinajstić information content (AvgIpc) is 2.77. The molecule has 2 rings (SSSR count). The van der Waals surface area contributed by atoms with Crippen molar-refractivity contribution in [3.63, 3.8) is 0 Å². The van der Waals surface area contributed by atoms with Gasteiger partial charge in [-0.1, -0.05) is 24.3 Å². The molecule has 0 heterocycles. The molecule has 0 fully saturated rings. The monoisotopic (exact) mass is 553 g/mol. The number of halogens is 1. The van der Waals surface area contributed by atoms with Gasteiger partial charge in [-0.05, 0) is 49.2 Å². The summed E-state index contributed by atoms with van der Waals surface area (Å²) in [6.45, 7) is 7.51. The molecule has 2 aromatic carbocycles. The van der Waals surface area contributed by atoms with E-state index in [-0.39, 0.29) is 36.5 Å². The Morgan fingerprint density at radius 2 is 1.84 bits per heavy atom. The molecule has 0 aliphatic carbocycles. The fourth-order valence-corrected chi connectivity index (χ4v) is 3.03. The normalized spacial score (nSPS) is 10.7. The second kappa shape index (κ2) is 14.5. The minimum Gasteiger partial charge on any atom is -0.484 e. The van der Waals surface area contributed by atoms with E-state index in [0.29, 0.717) is 12.3 Å². The number of aliphatic imine (C=N–C) groups is 1. The van der Waals surface area contributed by atoms with Gasteiger partial charge < -0.3 is 25.2 Å². The van der Waals surface area contributed by atoms with Crippen LogP contribution in [0.2, 0.25) is 0 Å². The molecule has 0 radical (unpaired) electrons. The highest BCUT2D eigenvalue weighted by Crippen LogP contribution is 2.15. The Hall–Kier alpha value is -2.49. The van der Waals surface area contributed by atoms with Crippen LogP contribution in [0.1, 0.15) is 18.1 Å². The molecule has 0 aromatic heterocycles. The average molecular weight is 553 g/mol. The minimum atomic E-state index is -0.0695. The fourth-order valence-electron chi connectivity index (χ4n) is 3.03. The number of aryl methyl sites for hydroxylation is 1. The second-order valence-electron chi connectivity index (χ2n) is 7.50. The van der Waals surface area contributed by atoms with Crippen LogP contribution in [0.4, 0.5) is 5.69 Å². The Morgan fingerprint density at radius 3 is 2.50 bits per heavy atom. The van der Waals surface area contributed by atoms with E-state index < -0.39 is 0 Å². The van der Waals surface area contributed by atoms with E-state index in [4.69, 9.17) is 4.74 Å². The number of rotatable bonds is 10. The van der Waals surface area contributed by atoms with Gasteiger partial charge in [0, 0.05) is 53.0 Å². The van der Waals surface area contributed by atoms with Crippen LogP contribution < -0.4 is 20.3 Å². The number of amides is 1. The summed E-state index contributed by atoms with van der Waals surface area (Å²) in [7, 11) is 5.19. The number of benzene rings is 2. The number of hydrogen-bond donors (Lipinski definition) is 2. The van der Waals surface area contributed by atoms with Gasteiger partial charge >= 0.3 is 0 Å². The van der Waals surface area contributed by atoms with Crippen LogP contribution in [0, 0.1) is 6.92 Å². The lowest BCUT2D eigenvalue weighted by molar-refractivity contribution is -0.130. The van der Waals surface area contributed by atoms with Gasteiger partial charge in [0.1, 0.15) is 5.75 Å². The third kappa shape index (κ3) is 9.33. The van der Waals surface area contributed by atoms with Gasteiger partial charge in [0.2, 0.25) is 0 Å². The van der Waals surface area contributed by atoms with Crippen LogP contribution in [-0.2, 0) is 11.3 Å². The number of carbonyl (C=O) groups is 1. The summed E-state index contributed by atoms with van der Waals surface area (Å²) in [5.41, 5.74) is 3.54. The molecular formula is C24H36IN5O2. The maximum absolute atomic E-state index is 11.7. The van der Waals surface area contributed by atoms with E-state index in [1.165, 1.54) is 16.2 Å². The van der Waals surface area contributed by atoms with Crippen molar-refractivity contribution < 1.29 is 9.53 Å². The number of nitrogens with zero attached hydrogens (tertiary/aromatic N) is 3. The van der Waals surface area contributed by atoms with Gasteiger partial charge in [0.15, 0.2) is 12.6 Å². The van der Waals surface area contributed by atoms with Gasteiger partial charge in [-0.2, -0.15) is 0 Å². The first-order valence-corrected chi connectivity index (χ1v) is 10.6. The lowest BCUT2D eigenvalue weighted by Gasteiger charge is -2.24. The Kier molecular flexibility index (Phi) is 12.5. The van der Waals surface area contributed by atoms with E-state index in [1.807, 2.05) is 24.3 Å². The number of anilines is 1. The molecule has 8 heteroatoms. The quantitative estimate of drug-likeness (QED) is 0.269. The van der Waals surface area contributed by atoms with Crippen LogP contribution in [-0.4, -0.2) is 64.2 Å². The van der Waals surface area contributed by atoms with Gasteiger partial charge in [0.25, 0.3) is 5.91 Å². The van der Waals surface area contributed by atoms with E-state index in [0.717, 1.165) is 31.2 Å². The number of carbonyl (C=O) groups excluding carboxylic acids is 1. The van der Waals surface area contributed by atoms with Gasteiger partial charge in [-0.3, -0.25) is 9.79 Å². The summed E-state index contributed by atoms with van der Waals surface area (Å²) in [5, 5.41) is 6.70. The summed E-state index contributed by atoms with van der Waals surface area (Å²) in [6, 6.07) is 16.3. The Labute approximate surface area is 209 Å². The molecule has 0 aliphatic rings. The van der Waals surface area contributed by atoms with Crippen LogP contribution in [0.25, 0.3) is 0 Å². The molecule has 0 spiro atoms. The third-order valence-corrected chi connectivity index (χ3v) is 4.87. The molecule has 0 aliphatic heterocycles. The van der Waals surface area contributed by atoms with E-state index in [9.17, 15) is 4.79 Å². The fraction of sp³-hybridized carbons (Fsp3) is 0.417. The SMILES string of the molecule is CCN(CCNC(=NC)NCc1cccc(OCC(=O)N(C)C)c1)c1cccc(C)c1.I. The van der Waals surface area contributed by atoms with Crippen molar-refractivity contribution in [2.45, 2.75) is 20.4 Å². The van der Waals surface area contributed by atoms with Crippen LogP contribution >= 0.6 is 24.0 Å². The Morgan fingerprint density at radius 1 is 1.09 bits per heavy atom. The first-order valence-electron chi connectivity index (χ1n) is 10.6. The predicted octanol–water partition coefficient (Wildman–Crippen LogP) is 3.27. The molecule has 7 nitrogen and oxygen atoms in total. The van der Waals surface area contributed by atoms with Crippen molar-refractivity contribution in [1.29, 1.82) is 0 Å². The molecule has 0 unspecified atom stereocenters. The highest BCUT2D eigenvalue weighted by Gasteiger charge is 2.07. The summed E-state index contributed by atoms with van der Waals surface area (Å²) >= 11 is 0. The van der Waals surface area contributed by atoms with Crippen molar-refractivity contribution in [1.82, 2.24) is 15.5 Å². The Bertz CT molecular complexity index is 873. The molecule has 0 saturated carbocycles. The zero-order valence-corrected chi connectivity index (χ0v) is 22.1. The number of hydrogen-bond acceptors (Lipinski definition) is 4. The molecule has 2 aromatic rings. The predicted molar refractivity (Wildman–Crippen MR) is 143 cm³/mol. The van der Waals surface area contributed by atoms with Crippen molar-refractivity contribution in [2.24, 2.45) is 4.99 Å². The summed E-state index contributed by atoms with van der Waals surface area (Å²) in [4.78, 5) is 19.9. The minimum absolute atomic E-state index is 0. The van der Waals surface area contributed by atoms with Gasteiger partial charge in [-0.25, -0.2) is 0 Å². The maximum Gasteiger partial charge on any atom is 0.259 e. The molecule has 0 saturated heterocycles. The Balaban J connectivity index is 0.00000512. The van der Waals surface area contributed by atoms with Crippen LogP contribution in [0.15, 0.2) is 53.5 Å². The molecular weight excluding hydrogens is 517 g/mol. The van der Waals surface area contributed by atoms with Crippen molar-refractivity contribution >= 4 is 41.5 Å². The number of nitrogens with one attached hydrogen (secondary N) is 2.